The standard InChI is InChI=1S/C23H20ClF3N4O3S/c1-30(11-17(33)12-32)22-29-21(34)20(35-22)7-13-2-5-19-15(6-13)9-28-31(19)10-14-3-4-16(24)8-18(14)23(25,26)27/h2-9,17,32-33H,10-12H2,1H3. The summed E-state index contributed by atoms with van der Waals surface area (Å²) < 4.78 is 41.8. The fourth-order valence-corrected chi connectivity index (χ4v) is 4.65. The Balaban J connectivity index is 1.55. The smallest absolute Gasteiger partial charge is 0.394 e. The van der Waals surface area contributed by atoms with E-state index in [0.29, 0.717) is 26.5 Å². The van der Waals surface area contributed by atoms with Crippen molar-refractivity contribution in [2.24, 2.45) is 4.99 Å². The molecule has 1 aliphatic rings. The number of aliphatic imine (C=N–C) groups is 1. The largest absolute Gasteiger partial charge is 0.416 e. The number of nitrogens with zero attached hydrogens (tertiary/aromatic N) is 4. The Hall–Kier alpha value is -2.86. The number of rotatable bonds is 6. The maximum Gasteiger partial charge on any atom is 0.416 e. The molecule has 0 saturated carbocycles. The summed E-state index contributed by atoms with van der Waals surface area (Å²) in [5.41, 5.74) is 0.574. The van der Waals surface area contributed by atoms with E-state index in [1.165, 1.54) is 16.8 Å². The first kappa shape index (κ1) is 25.2. The molecule has 0 aliphatic carbocycles. The zero-order valence-corrected chi connectivity index (χ0v) is 19.9. The van der Waals surface area contributed by atoms with Crippen molar-refractivity contribution < 1.29 is 28.2 Å². The summed E-state index contributed by atoms with van der Waals surface area (Å²) in [5, 5.41) is 23.9. The number of amidine groups is 1. The number of thioether (sulfide) groups is 1. The summed E-state index contributed by atoms with van der Waals surface area (Å²) in [6.45, 7) is -0.368. The van der Waals surface area contributed by atoms with Crippen LogP contribution in [-0.4, -0.2) is 62.3 Å². The van der Waals surface area contributed by atoms with Gasteiger partial charge < -0.3 is 15.1 Å². The summed E-state index contributed by atoms with van der Waals surface area (Å²) in [4.78, 5) is 18.3. The van der Waals surface area contributed by atoms with Crippen molar-refractivity contribution >= 4 is 51.4 Å². The third-order valence-electron chi connectivity index (χ3n) is 5.29. The lowest BCUT2D eigenvalue weighted by molar-refractivity contribution is -0.138. The number of alkyl halides is 3. The minimum atomic E-state index is -4.54. The molecule has 35 heavy (non-hydrogen) atoms. The van der Waals surface area contributed by atoms with Gasteiger partial charge in [0.2, 0.25) is 0 Å². The molecule has 12 heteroatoms. The van der Waals surface area contributed by atoms with E-state index in [0.717, 1.165) is 17.8 Å². The zero-order chi connectivity index (χ0) is 25.3. The van der Waals surface area contributed by atoms with E-state index >= 15 is 0 Å². The second-order valence-electron chi connectivity index (χ2n) is 7.95. The van der Waals surface area contributed by atoms with Gasteiger partial charge in [0.25, 0.3) is 5.91 Å². The molecule has 7 nitrogen and oxygen atoms in total. The molecule has 0 radical (unpaired) electrons. The van der Waals surface area contributed by atoms with Crippen LogP contribution in [0.1, 0.15) is 16.7 Å². The molecule has 0 saturated heterocycles. The van der Waals surface area contributed by atoms with Crippen molar-refractivity contribution in [3.8, 4) is 0 Å². The average Bonchev–Trinajstić information content (AvgIpc) is 3.37. The fraction of sp³-hybridized carbons (Fsp3) is 0.261. The molecule has 1 aromatic heterocycles. The van der Waals surface area contributed by atoms with Crippen molar-refractivity contribution in [1.82, 2.24) is 14.7 Å². The molecule has 184 valence electrons. The van der Waals surface area contributed by atoms with Crippen LogP contribution in [0.2, 0.25) is 5.02 Å². The highest BCUT2D eigenvalue weighted by Gasteiger charge is 2.33. The quantitative estimate of drug-likeness (QED) is 0.474. The van der Waals surface area contributed by atoms with Gasteiger partial charge in [0.05, 0.1) is 41.4 Å². The summed E-state index contributed by atoms with van der Waals surface area (Å²) in [6.07, 6.45) is -2.28. The number of aliphatic hydroxyl groups excluding tert-OH is 2. The number of carbonyl (C=O) groups excluding carboxylic acids is 1. The third-order valence-corrected chi connectivity index (χ3v) is 6.63. The Kier molecular flexibility index (Phi) is 7.22. The summed E-state index contributed by atoms with van der Waals surface area (Å²) in [6, 6.07) is 8.91. The Morgan fingerprint density at radius 1 is 1.26 bits per heavy atom. The fourth-order valence-electron chi connectivity index (χ4n) is 3.60. The van der Waals surface area contributed by atoms with E-state index in [2.05, 4.69) is 10.1 Å². The highest BCUT2D eigenvalue weighted by atomic mass is 35.5. The summed E-state index contributed by atoms with van der Waals surface area (Å²) in [5.74, 6) is -0.423. The van der Waals surface area contributed by atoms with Gasteiger partial charge in [-0.3, -0.25) is 9.48 Å². The van der Waals surface area contributed by atoms with Crippen molar-refractivity contribution in [3.63, 3.8) is 0 Å². The van der Waals surface area contributed by atoms with Crippen molar-refractivity contribution in [1.29, 1.82) is 0 Å². The molecular formula is C23H20ClF3N4O3S. The molecule has 0 bridgehead atoms. The second kappa shape index (κ2) is 10.0. The number of hydrogen-bond donors (Lipinski definition) is 2. The van der Waals surface area contributed by atoms with Gasteiger partial charge in [0.15, 0.2) is 5.17 Å². The van der Waals surface area contributed by atoms with Crippen LogP contribution < -0.4 is 0 Å². The first-order valence-electron chi connectivity index (χ1n) is 10.4. The predicted octanol–water partition coefficient (Wildman–Crippen LogP) is 4.01. The van der Waals surface area contributed by atoms with Crippen LogP contribution in [0.4, 0.5) is 13.2 Å². The van der Waals surface area contributed by atoms with E-state index in [1.807, 2.05) is 0 Å². The summed E-state index contributed by atoms with van der Waals surface area (Å²) in [7, 11) is 1.66. The lowest BCUT2D eigenvalue weighted by Gasteiger charge is -2.19. The molecule has 0 fully saturated rings. The average molecular weight is 525 g/mol. The van der Waals surface area contributed by atoms with E-state index in [9.17, 15) is 23.1 Å². The van der Waals surface area contributed by atoms with Crippen LogP contribution in [-0.2, 0) is 17.5 Å². The van der Waals surface area contributed by atoms with Crippen LogP contribution >= 0.6 is 23.4 Å². The van der Waals surface area contributed by atoms with Crippen LogP contribution in [0, 0.1) is 0 Å². The molecule has 3 aromatic rings. The normalized spacial score (nSPS) is 16.3. The van der Waals surface area contributed by atoms with E-state index < -0.39 is 30.4 Å². The highest BCUT2D eigenvalue weighted by Crippen LogP contribution is 2.35. The summed E-state index contributed by atoms with van der Waals surface area (Å²) >= 11 is 6.91. The van der Waals surface area contributed by atoms with Crippen LogP contribution in [0.25, 0.3) is 17.0 Å². The van der Waals surface area contributed by atoms with E-state index in [4.69, 9.17) is 16.7 Å². The van der Waals surface area contributed by atoms with Gasteiger partial charge in [0.1, 0.15) is 0 Å². The van der Waals surface area contributed by atoms with Gasteiger partial charge in [-0.2, -0.15) is 23.3 Å². The number of amides is 1. The monoisotopic (exact) mass is 524 g/mol. The molecule has 2 heterocycles. The maximum atomic E-state index is 13.4. The van der Waals surface area contributed by atoms with Crippen LogP contribution in [0.5, 0.6) is 0 Å². The van der Waals surface area contributed by atoms with Crippen LogP contribution in [0.15, 0.2) is 52.5 Å². The number of aliphatic hydroxyl groups is 2. The van der Waals surface area contributed by atoms with Crippen LogP contribution in [0.3, 0.4) is 0 Å². The topological polar surface area (TPSA) is 90.9 Å². The molecule has 2 aromatic carbocycles. The minimum absolute atomic E-state index is 0.00585. The Morgan fingerprint density at radius 2 is 2.03 bits per heavy atom. The number of likely N-dealkylation sites (N-methyl/N-ethyl adjacent to an activating group) is 1. The Bertz CT molecular complexity index is 1340. The molecule has 0 spiro atoms. The second-order valence-corrected chi connectivity index (χ2v) is 9.39. The first-order valence-corrected chi connectivity index (χ1v) is 11.6. The van der Waals surface area contributed by atoms with E-state index in [-0.39, 0.29) is 23.7 Å². The number of carbonyl (C=O) groups is 1. The lowest BCUT2D eigenvalue weighted by atomic mass is 10.1. The number of benzene rings is 2. The van der Waals surface area contributed by atoms with Gasteiger partial charge in [0, 0.05) is 24.0 Å². The number of aromatic nitrogens is 2. The maximum absolute atomic E-state index is 13.4. The van der Waals surface area contributed by atoms with Gasteiger partial charge in [-0.05, 0) is 53.2 Å². The molecule has 1 unspecified atom stereocenters. The molecule has 1 aliphatic heterocycles. The Labute approximate surface area is 207 Å². The van der Waals surface area contributed by atoms with E-state index in [1.54, 1.807) is 42.4 Å². The SMILES string of the molecule is CN(CC(O)CO)C1=NC(=O)C(=Cc2ccc3c(cnn3Cc3ccc(Cl)cc3C(F)(F)F)c2)S1. The highest BCUT2D eigenvalue weighted by molar-refractivity contribution is 8.18. The molecule has 4 rings (SSSR count). The number of halogens is 4. The van der Waals surface area contributed by atoms with Crippen molar-refractivity contribution in [2.75, 3.05) is 20.2 Å². The molecule has 2 N–H and O–H groups in total. The molecule has 1 atom stereocenters. The van der Waals surface area contributed by atoms with Gasteiger partial charge in [-0.25, -0.2) is 0 Å². The van der Waals surface area contributed by atoms with Gasteiger partial charge in [-0.1, -0.05) is 23.7 Å². The van der Waals surface area contributed by atoms with Gasteiger partial charge >= 0.3 is 6.18 Å². The third kappa shape index (κ3) is 5.69. The first-order chi connectivity index (χ1) is 16.5. The lowest BCUT2D eigenvalue weighted by Crippen LogP contribution is -2.33. The predicted molar refractivity (Wildman–Crippen MR) is 129 cm³/mol. The minimum Gasteiger partial charge on any atom is -0.394 e. The number of fused-ring (bicyclic) bond motifs is 1. The van der Waals surface area contributed by atoms with Gasteiger partial charge in [-0.15, -0.1) is 0 Å². The van der Waals surface area contributed by atoms with Crippen molar-refractivity contribution in [2.45, 2.75) is 18.8 Å². The number of hydrogen-bond acceptors (Lipinski definition) is 6. The van der Waals surface area contributed by atoms with Crippen molar-refractivity contribution in [3.05, 3.63) is 69.2 Å². The molecular weight excluding hydrogens is 505 g/mol. The Morgan fingerprint density at radius 3 is 2.74 bits per heavy atom. The zero-order valence-electron chi connectivity index (χ0n) is 18.3. The molecule has 1 amide bonds.